The largest absolute Gasteiger partial charge is 0.383 e. The van der Waals surface area contributed by atoms with Crippen molar-refractivity contribution in [1.29, 1.82) is 5.26 Å². The van der Waals surface area contributed by atoms with Gasteiger partial charge in [0.05, 0.1) is 19.1 Å². The van der Waals surface area contributed by atoms with Crippen LogP contribution in [0, 0.1) is 11.3 Å². The lowest BCUT2D eigenvalue weighted by molar-refractivity contribution is 0.0688. The van der Waals surface area contributed by atoms with Crippen molar-refractivity contribution >= 4 is 5.91 Å². The van der Waals surface area contributed by atoms with Crippen LogP contribution < -0.4 is 0 Å². The highest BCUT2D eigenvalue weighted by atomic mass is 16.5. The highest BCUT2D eigenvalue weighted by Crippen LogP contribution is 2.37. The summed E-state index contributed by atoms with van der Waals surface area (Å²) in [6.45, 7) is 1.23. The van der Waals surface area contributed by atoms with Crippen LogP contribution in [0.15, 0.2) is 0 Å². The van der Waals surface area contributed by atoms with Crippen LogP contribution in [-0.2, 0) is 4.74 Å². The lowest BCUT2D eigenvalue weighted by Gasteiger charge is -2.19. The van der Waals surface area contributed by atoms with Gasteiger partial charge in [-0.2, -0.15) is 5.26 Å². The Bertz CT molecular complexity index is 475. The fourth-order valence-electron chi connectivity index (χ4n) is 1.75. The van der Waals surface area contributed by atoms with Gasteiger partial charge in [0.1, 0.15) is 5.82 Å². The second-order valence-corrected chi connectivity index (χ2v) is 4.51. The van der Waals surface area contributed by atoms with E-state index in [2.05, 4.69) is 15.2 Å². The Morgan fingerprint density at radius 1 is 1.58 bits per heavy atom. The third-order valence-electron chi connectivity index (χ3n) is 3.00. The number of aromatic amines is 1. The number of carbonyl (C=O) groups is 1. The number of nitriles is 1. The Morgan fingerprint density at radius 3 is 3.00 bits per heavy atom. The van der Waals surface area contributed by atoms with E-state index in [9.17, 15) is 4.79 Å². The molecule has 7 nitrogen and oxygen atoms in total. The summed E-state index contributed by atoms with van der Waals surface area (Å²) in [6, 6.07) is 2.03. The average molecular weight is 263 g/mol. The Balaban J connectivity index is 2.01. The van der Waals surface area contributed by atoms with Crippen molar-refractivity contribution < 1.29 is 9.53 Å². The molecule has 102 valence electrons. The molecule has 1 saturated carbocycles. The predicted octanol–water partition coefficient (Wildman–Crippen LogP) is 0.684. The molecular weight excluding hydrogens is 246 g/mol. The zero-order chi connectivity index (χ0) is 13.7. The first-order valence-corrected chi connectivity index (χ1v) is 6.33. The van der Waals surface area contributed by atoms with E-state index in [1.54, 1.807) is 12.0 Å². The molecule has 1 aliphatic carbocycles. The zero-order valence-electron chi connectivity index (χ0n) is 10.9. The number of carbonyl (C=O) groups excluding carboxylic acids is 1. The SMILES string of the molecule is COCCN(CCC#N)C(=O)c1n[nH]c(C2CC2)n1. The predicted molar refractivity (Wildman–Crippen MR) is 66.4 cm³/mol. The topological polar surface area (TPSA) is 94.9 Å². The molecule has 1 aliphatic rings. The number of hydrogen-bond donors (Lipinski definition) is 1. The summed E-state index contributed by atoms with van der Waals surface area (Å²) in [6.07, 6.45) is 2.49. The maximum Gasteiger partial charge on any atom is 0.293 e. The summed E-state index contributed by atoms with van der Waals surface area (Å²) in [4.78, 5) is 18.0. The maximum absolute atomic E-state index is 12.2. The number of ether oxygens (including phenoxy) is 1. The van der Waals surface area contributed by atoms with Gasteiger partial charge < -0.3 is 9.64 Å². The summed E-state index contributed by atoms with van der Waals surface area (Å²) in [5, 5.41) is 15.4. The highest BCUT2D eigenvalue weighted by molar-refractivity contribution is 5.90. The Labute approximate surface area is 111 Å². The summed E-state index contributed by atoms with van der Waals surface area (Å²) >= 11 is 0. The Kier molecular flexibility index (Phi) is 4.47. The van der Waals surface area contributed by atoms with E-state index in [0.29, 0.717) is 25.6 Å². The molecule has 0 unspecified atom stereocenters. The molecule has 1 aromatic heterocycles. The lowest BCUT2D eigenvalue weighted by Crippen LogP contribution is -2.35. The normalized spacial score (nSPS) is 14.1. The van der Waals surface area contributed by atoms with E-state index in [1.807, 2.05) is 6.07 Å². The fourth-order valence-corrected chi connectivity index (χ4v) is 1.75. The van der Waals surface area contributed by atoms with Crippen molar-refractivity contribution in [2.24, 2.45) is 0 Å². The van der Waals surface area contributed by atoms with Gasteiger partial charge in [-0.25, -0.2) is 4.98 Å². The van der Waals surface area contributed by atoms with E-state index in [0.717, 1.165) is 18.7 Å². The van der Waals surface area contributed by atoms with Crippen LogP contribution in [0.25, 0.3) is 0 Å². The lowest BCUT2D eigenvalue weighted by atomic mass is 10.3. The van der Waals surface area contributed by atoms with Gasteiger partial charge in [0, 0.05) is 26.1 Å². The second kappa shape index (κ2) is 6.29. The standard InChI is InChI=1S/C12H17N5O2/c1-19-8-7-17(6-2-5-13)12(18)11-14-10(15-16-11)9-3-4-9/h9H,2-4,6-8H2,1H3,(H,14,15,16). The summed E-state index contributed by atoms with van der Waals surface area (Å²) in [5.74, 6) is 1.14. The first kappa shape index (κ1) is 13.5. The van der Waals surface area contributed by atoms with E-state index in [-0.39, 0.29) is 18.2 Å². The second-order valence-electron chi connectivity index (χ2n) is 4.51. The van der Waals surface area contributed by atoms with Crippen molar-refractivity contribution in [3.05, 3.63) is 11.6 Å². The number of aromatic nitrogens is 3. The summed E-state index contributed by atoms with van der Waals surface area (Å²) in [7, 11) is 1.57. The molecule has 1 aromatic rings. The third-order valence-corrected chi connectivity index (χ3v) is 3.00. The van der Waals surface area contributed by atoms with Crippen LogP contribution in [-0.4, -0.2) is 52.8 Å². The molecule has 1 fully saturated rings. The first-order valence-electron chi connectivity index (χ1n) is 6.33. The van der Waals surface area contributed by atoms with Gasteiger partial charge in [-0.1, -0.05) is 0 Å². The molecule has 0 bridgehead atoms. The molecule has 0 aliphatic heterocycles. The minimum atomic E-state index is -0.254. The molecule has 0 saturated heterocycles. The van der Waals surface area contributed by atoms with Gasteiger partial charge in [0.2, 0.25) is 5.82 Å². The van der Waals surface area contributed by atoms with Gasteiger partial charge in [0.25, 0.3) is 5.91 Å². The van der Waals surface area contributed by atoms with Gasteiger partial charge in [-0.05, 0) is 12.8 Å². The minimum Gasteiger partial charge on any atom is -0.383 e. The van der Waals surface area contributed by atoms with Gasteiger partial charge >= 0.3 is 0 Å². The van der Waals surface area contributed by atoms with E-state index >= 15 is 0 Å². The van der Waals surface area contributed by atoms with E-state index in [1.165, 1.54) is 0 Å². The van der Waals surface area contributed by atoms with Crippen LogP contribution in [0.3, 0.4) is 0 Å². The quantitative estimate of drug-likeness (QED) is 0.780. The molecule has 7 heteroatoms. The van der Waals surface area contributed by atoms with E-state index in [4.69, 9.17) is 10.00 Å². The molecule has 19 heavy (non-hydrogen) atoms. The molecule has 0 spiro atoms. The Hall–Kier alpha value is -1.94. The van der Waals surface area contributed by atoms with E-state index < -0.39 is 0 Å². The number of nitrogens with one attached hydrogen (secondary N) is 1. The van der Waals surface area contributed by atoms with Crippen LogP contribution >= 0.6 is 0 Å². The molecule has 0 atom stereocenters. The molecule has 2 rings (SSSR count). The molecule has 0 radical (unpaired) electrons. The van der Waals surface area contributed by atoms with Gasteiger partial charge in [0.15, 0.2) is 0 Å². The van der Waals surface area contributed by atoms with Crippen molar-refractivity contribution in [3.63, 3.8) is 0 Å². The fraction of sp³-hybridized carbons (Fsp3) is 0.667. The number of H-pyrrole nitrogens is 1. The maximum atomic E-state index is 12.2. The highest BCUT2D eigenvalue weighted by Gasteiger charge is 2.29. The van der Waals surface area contributed by atoms with Gasteiger partial charge in [-0.3, -0.25) is 9.89 Å². The van der Waals surface area contributed by atoms with Crippen LogP contribution in [0.2, 0.25) is 0 Å². The molecule has 0 aromatic carbocycles. The van der Waals surface area contributed by atoms with Crippen molar-refractivity contribution in [3.8, 4) is 6.07 Å². The first-order chi connectivity index (χ1) is 9.26. The minimum absolute atomic E-state index is 0.177. The molecule has 1 N–H and O–H groups in total. The summed E-state index contributed by atoms with van der Waals surface area (Å²) in [5.41, 5.74) is 0. The van der Waals surface area contributed by atoms with Crippen molar-refractivity contribution in [2.75, 3.05) is 26.8 Å². The van der Waals surface area contributed by atoms with Crippen molar-refractivity contribution in [1.82, 2.24) is 20.1 Å². The molecule has 1 amide bonds. The van der Waals surface area contributed by atoms with Crippen molar-refractivity contribution in [2.45, 2.75) is 25.2 Å². The number of nitrogens with zero attached hydrogens (tertiary/aromatic N) is 4. The molecule has 1 heterocycles. The number of amides is 1. The monoisotopic (exact) mass is 263 g/mol. The summed E-state index contributed by atoms with van der Waals surface area (Å²) < 4.78 is 4.97. The van der Waals surface area contributed by atoms with Crippen LogP contribution in [0.4, 0.5) is 0 Å². The smallest absolute Gasteiger partial charge is 0.293 e. The number of hydrogen-bond acceptors (Lipinski definition) is 5. The number of methoxy groups -OCH3 is 1. The zero-order valence-corrected chi connectivity index (χ0v) is 10.9. The number of rotatable bonds is 7. The Morgan fingerprint density at radius 2 is 2.37 bits per heavy atom. The van der Waals surface area contributed by atoms with Gasteiger partial charge in [-0.15, -0.1) is 5.10 Å². The van der Waals surface area contributed by atoms with Crippen LogP contribution in [0.5, 0.6) is 0 Å². The molecular formula is C12H17N5O2. The third kappa shape index (κ3) is 3.51. The van der Waals surface area contributed by atoms with Crippen LogP contribution in [0.1, 0.15) is 41.6 Å². The average Bonchev–Trinajstić information content (AvgIpc) is 3.16.